The van der Waals surface area contributed by atoms with Crippen molar-refractivity contribution in [2.45, 2.75) is 32.0 Å². The highest BCUT2D eigenvalue weighted by Gasteiger charge is 2.46. The van der Waals surface area contributed by atoms with E-state index in [1.807, 2.05) is 32.0 Å². The van der Waals surface area contributed by atoms with Crippen LogP contribution in [0.3, 0.4) is 0 Å². The average molecular weight is 291 g/mol. The molecule has 1 aromatic rings. The normalized spacial score (nSPS) is 22.2. The molecule has 21 heavy (non-hydrogen) atoms. The number of hydrogen-bond acceptors (Lipinski definition) is 6. The van der Waals surface area contributed by atoms with Crippen LogP contribution in [0.2, 0.25) is 0 Å². The molecule has 0 aromatic heterocycles. The third kappa shape index (κ3) is 2.77. The fraction of sp³-hybridized carbons (Fsp3) is 0.500. The summed E-state index contributed by atoms with van der Waals surface area (Å²) >= 11 is 0. The van der Waals surface area contributed by atoms with E-state index in [2.05, 4.69) is 5.48 Å². The number of carbonyl (C=O) groups is 1. The van der Waals surface area contributed by atoms with Gasteiger partial charge in [-0.25, -0.2) is 0 Å². The fourth-order valence-corrected chi connectivity index (χ4v) is 2.64. The van der Waals surface area contributed by atoms with Crippen molar-refractivity contribution < 1.29 is 23.7 Å². The van der Waals surface area contributed by atoms with Crippen LogP contribution in [-0.2, 0) is 18.9 Å². The summed E-state index contributed by atoms with van der Waals surface area (Å²) in [7, 11) is 1.03. The first-order chi connectivity index (χ1) is 10.00. The van der Waals surface area contributed by atoms with Crippen LogP contribution in [0.25, 0.3) is 0 Å². The van der Waals surface area contributed by atoms with Crippen LogP contribution in [0, 0.1) is 0 Å². The summed E-state index contributed by atoms with van der Waals surface area (Å²) in [5, 5.41) is 0. The maximum Gasteiger partial charge on any atom is 0.499 e. The number of benzene rings is 1. The lowest BCUT2D eigenvalue weighted by atomic mass is 9.77. The highest BCUT2D eigenvalue weighted by molar-refractivity contribution is 6.64. The van der Waals surface area contributed by atoms with E-state index in [-0.39, 0.29) is 18.5 Å². The molecule has 0 aliphatic carbocycles. The van der Waals surface area contributed by atoms with E-state index in [0.717, 1.165) is 16.8 Å². The van der Waals surface area contributed by atoms with Gasteiger partial charge >= 0.3 is 13.1 Å². The Kier molecular flexibility index (Phi) is 3.65. The average Bonchev–Trinajstić information content (AvgIpc) is 2.67. The number of carbonyl (C=O) groups excluding carboxylic acids is 1. The first-order valence-corrected chi connectivity index (χ1v) is 6.95. The minimum atomic E-state index is -0.513. The fourth-order valence-electron chi connectivity index (χ4n) is 2.64. The Morgan fingerprint density at radius 2 is 2.33 bits per heavy atom. The Labute approximate surface area is 123 Å². The molecule has 1 N–H and O–H groups in total. The number of ether oxygens (including phenoxy) is 1. The lowest BCUT2D eigenvalue weighted by molar-refractivity contribution is -0.152. The van der Waals surface area contributed by atoms with E-state index in [1.54, 1.807) is 7.05 Å². The van der Waals surface area contributed by atoms with Crippen LogP contribution in [0.1, 0.15) is 31.9 Å². The lowest BCUT2D eigenvalue weighted by Crippen LogP contribution is -2.40. The molecule has 3 rings (SSSR count). The predicted molar refractivity (Wildman–Crippen MR) is 76.1 cm³/mol. The molecule has 0 spiro atoms. The van der Waals surface area contributed by atoms with Gasteiger partial charge in [0.2, 0.25) is 0 Å². The topological polar surface area (TPSA) is 66.0 Å². The zero-order valence-corrected chi connectivity index (χ0v) is 12.3. The second-order valence-corrected chi connectivity index (χ2v) is 5.76. The minimum Gasteiger partial charge on any atom is -0.491 e. The second-order valence-electron chi connectivity index (χ2n) is 5.76. The molecule has 2 aliphatic rings. The summed E-state index contributed by atoms with van der Waals surface area (Å²) < 4.78 is 17.7. The quantitative estimate of drug-likeness (QED) is 0.653. The minimum absolute atomic E-state index is 0.123. The van der Waals surface area contributed by atoms with Crippen molar-refractivity contribution in [3.05, 3.63) is 23.8 Å². The van der Waals surface area contributed by atoms with Crippen LogP contribution in [0.4, 0.5) is 0 Å². The summed E-state index contributed by atoms with van der Waals surface area (Å²) in [5.74, 6) is 0.379. The van der Waals surface area contributed by atoms with Crippen LogP contribution >= 0.6 is 0 Å². The Bertz CT molecular complexity index is 562. The molecular formula is C14H18BNO5. The number of nitrogens with one attached hydrogen (secondary N) is 1. The Hall–Kier alpha value is -1.57. The summed E-state index contributed by atoms with van der Waals surface area (Å²) in [4.78, 5) is 16.4. The van der Waals surface area contributed by atoms with Gasteiger partial charge in [0, 0.05) is 12.5 Å². The van der Waals surface area contributed by atoms with Gasteiger partial charge in [-0.3, -0.25) is 4.79 Å². The molecule has 0 bridgehead atoms. The molecule has 0 fully saturated rings. The van der Waals surface area contributed by atoms with Gasteiger partial charge in [-0.2, -0.15) is 5.48 Å². The standard InChI is InChI=1S/C14H18BNO5/c1-14(2)8-18-10-6-4-5-9-11(7-12(17)20-16-3)19-15(21-14)13(9)10/h4-6,11,16H,7-8H2,1-3H3. The zero-order chi connectivity index (χ0) is 15.0. The highest BCUT2D eigenvalue weighted by atomic mass is 16.7. The molecule has 112 valence electrons. The maximum absolute atomic E-state index is 11.7. The number of hydroxylamine groups is 1. The van der Waals surface area contributed by atoms with E-state index < -0.39 is 12.7 Å². The van der Waals surface area contributed by atoms with Crippen LogP contribution in [0.5, 0.6) is 5.75 Å². The smallest absolute Gasteiger partial charge is 0.491 e. The van der Waals surface area contributed by atoms with Gasteiger partial charge in [-0.05, 0) is 25.5 Å². The van der Waals surface area contributed by atoms with Crippen molar-refractivity contribution in [1.82, 2.24) is 5.48 Å². The summed E-state index contributed by atoms with van der Waals surface area (Å²) in [6.45, 7) is 4.35. The maximum atomic E-state index is 11.7. The monoisotopic (exact) mass is 291 g/mol. The van der Waals surface area contributed by atoms with Gasteiger partial charge in [0.05, 0.1) is 18.1 Å². The molecule has 7 heteroatoms. The van der Waals surface area contributed by atoms with E-state index in [4.69, 9.17) is 18.9 Å². The molecule has 2 aliphatic heterocycles. The Balaban J connectivity index is 1.90. The van der Waals surface area contributed by atoms with E-state index in [9.17, 15) is 4.79 Å². The van der Waals surface area contributed by atoms with Crippen molar-refractivity contribution >= 4 is 18.6 Å². The van der Waals surface area contributed by atoms with Crippen molar-refractivity contribution in [2.24, 2.45) is 0 Å². The van der Waals surface area contributed by atoms with E-state index in [0.29, 0.717) is 6.61 Å². The predicted octanol–water partition coefficient (Wildman–Crippen LogP) is 0.708. The van der Waals surface area contributed by atoms with Gasteiger partial charge in [0.15, 0.2) is 0 Å². The summed E-state index contributed by atoms with van der Waals surface area (Å²) in [5.41, 5.74) is 3.72. The Morgan fingerprint density at radius 3 is 3.10 bits per heavy atom. The molecule has 0 saturated carbocycles. The molecule has 1 atom stereocenters. The van der Waals surface area contributed by atoms with Gasteiger partial charge in [0.25, 0.3) is 0 Å². The summed E-state index contributed by atoms with van der Waals surface area (Å²) in [6, 6.07) is 5.73. The molecule has 6 nitrogen and oxygen atoms in total. The lowest BCUT2D eigenvalue weighted by Gasteiger charge is -2.25. The number of rotatable bonds is 3. The van der Waals surface area contributed by atoms with Crippen molar-refractivity contribution in [3.63, 3.8) is 0 Å². The van der Waals surface area contributed by atoms with E-state index in [1.165, 1.54) is 0 Å². The van der Waals surface area contributed by atoms with Crippen molar-refractivity contribution in [3.8, 4) is 5.75 Å². The first kappa shape index (κ1) is 14.4. The SMILES string of the molecule is CNOC(=O)CC1OB2OC(C)(C)COc3cccc1c32. The molecule has 0 amide bonds. The zero-order valence-electron chi connectivity index (χ0n) is 12.3. The van der Waals surface area contributed by atoms with Crippen LogP contribution in [-0.4, -0.2) is 32.3 Å². The molecule has 0 saturated heterocycles. The van der Waals surface area contributed by atoms with Gasteiger partial charge in [0.1, 0.15) is 12.4 Å². The largest absolute Gasteiger partial charge is 0.499 e. The van der Waals surface area contributed by atoms with Crippen molar-refractivity contribution in [1.29, 1.82) is 0 Å². The van der Waals surface area contributed by atoms with E-state index >= 15 is 0 Å². The molecule has 0 radical (unpaired) electrons. The molecule has 1 aromatic carbocycles. The summed E-state index contributed by atoms with van der Waals surface area (Å²) in [6.07, 6.45) is -0.263. The highest BCUT2D eigenvalue weighted by Crippen LogP contribution is 2.34. The van der Waals surface area contributed by atoms with Gasteiger partial charge < -0.3 is 18.9 Å². The third-order valence-corrected chi connectivity index (χ3v) is 3.54. The van der Waals surface area contributed by atoms with Gasteiger partial charge in [-0.1, -0.05) is 12.1 Å². The number of hydrogen-bond donors (Lipinski definition) is 1. The van der Waals surface area contributed by atoms with Gasteiger partial charge in [-0.15, -0.1) is 0 Å². The first-order valence-electron chi connectivity index (χ1n) is 6.95. The van der Waals surface area contributed by atoms with Crippen LogP contribution < -0.4 is 15.7 Å². The van der Waals surface area contributed by atoms with Crippen molar-refractivity contribution in [2.75, 3.05) is 13.7 Å². The second kappa shape index (κ2) is 5.33. The third-order valence-electron chi connectivity index (χ3n) is 3.54. The Morgan fingerprint density at radius 1 is 1.52 bits per heavy atom. The molecule has 2 heterocycles. The van der Waals surface area contributed by atoms with Crippen LogP contribution in [0.15, 0.2) is 18.2 Å². The molecule has 1 unspecified atom stereocenters. The molecular weight excluding hydrogens is 273 g/mol.